The summed E-state index contributed by atoms with van der Waals surface area (Å²) in [5.74, 6) is -0.845. The number of carbonyl (C=O) groups is 1. The van der Waals surface area contributed by atoms with Crippen LogP contribution in [0.3, 0.4) is 0 Å². The molecule has 286 valence electrons. The molecule has 0 atom stereocenters. The molecule has 0 saturated heterocycles. The topological polar surface area (TPSA) is 162 Å². The molecule has 3 aromatic carbocycles. The van der Waals surface area contributed by atoms with Crippen LogP contribution in [0.5, 0.6) is 11.5 Å². The second-order valence-corrected chi connectivity index (χ2v) is 16.2. The minimum absolute atomic E-state index is 0.0956. The summed E-state index contributed by atoms with van der Waals surface area (Å²) < 4.78 is 56.6. The van der Waals surface area contributed by atoms with Gasteiger partial charge in [0.1, 0.15) is 11.5 Å². The fraction of sp³-hybridized carbons (Fsp3) is 0.410. The molecular formula is C39H54N2O9S2. The summed E-state index contributed by atoms with van der Waals surface area (Å²) in [5.41, 5.74) is 4.48. The van der Waals surface area contributed by atoms with Gasteiger partial charge in [0.15, 0.2) is 19.7 Å². The smallest absolute Gasteiger partial charge is 0.331 e. The fourth-order valence-corrected chi connectivity index (χ4v) is 7.53. The van der Waals surface area contributed by atoms with E-state index < -0.39 is 38.9 Å². The molecule has 3 N–H and O–H groups in total. The highest BCUT2D eigenvalue weighted by Gasteiger charge is 2.20. The Morgan fingerprint density at radius 2 is 1.48 bits per heavy atom. The number of aryl methyl sites for hydroxylation is 1. The van der Waals surface area contributed by atoms with Crippen LogP contribution in [-0.2, 0) is 30.9 Å². The molecule has 0 aromatic heterocycles. The third-order valence-electron chi connectivity index (χ3n) is 8.25. The van der Waals surface area contributed by atoms with Gasteiger partial charge in [0.25, 0.3) is 0 Å². The van der Waals surface area contributed by atoms with Crippen molar-refractivity contribution in [2.45, 2.75) is 59.3 Å². The molecule has 0 fully saturated rings. The van der Waals surface area contributed by atoms with Gasteiger partial charge >= 0.3 is 5.97 Å². The van der Waals surface area contributed by atoms with E-state index in [-0.39, 0.29) is 40.7 Å². The summed E-state index contributed by atoms with van der Waals surface area (Å²) in [7, 11) is -5.33. The quantitative estimate of drug-likeness (QED) is 0.0905. The maximum atomic E-state index is 12.8. The van der Waals surface area contributed by atoms with Crippen LogP contribution in [0.2, 0.25) is 0 Å². The largest absolute Gasteiger partial charge is 0.478 e. The zero-order valence-corrected chi connectivity index (χ0v) is 32.9. The molecule has 0 aliphatic heterocycles. The van der Waals surface area contributed by atoms with E-state index in [0.717, 1.165) is 11.1 Å². The van der Waals surface area contributed by atoms with Gasteiger partial charge < -0.3 is 29.9 Å². The summed E-state index contributed by atoms with van der Waals surface area (Å²) in [5, 5.41) is 28.3. The van der Waals surface area contributed by atoms with Crippen molar-refractivity contribution in [1.29, 1.82) is 0 Å². The highest BCUT2D eigenvalue weighted by molar-refractivity contribution is 7.91. The summed E-state index contributed by atoms with van der Waals surface area (Å²) in [6, 6.07) is 17.7. The number of allylic oxidation sites excluding steroid dienone is 3. The molecule has 52 heavy (non-hydrogen) atoms. The number of sulfone groups is 2. The van der Waals surface area contributed by atoms with Crippen LogP contribution < -0.4 is 14.5 Å². The van der Waals surface area contributed by atoms with E-state index in [1.54, 1.807) is 49.2 Å². The number of anilines is 3. The first-order valence-electron chi connectivity index (χ1n) is 17.4. The van der Waals surface area contributed by atoms with Gasteiger partial charge in [-0.05, 0) is 74.2 Å². The number of carboxylic acids is 1. The summed E-state index contributed by atoms with van der Waals surface area (Å²) in [6.45, 7) is 11.2. The molecular weight excluding hydrogens is 705 g/mol. The zero-order chi connectivity index (χ0) is 39.1. The van der Waals surface area contributed by atoms with E-state index in [1.165, 1.54) is 6.07 Å². The van der Waals surface area contributed by atoms with E-state index in [9.17, 15) is 31.8 Å². The van der Waals surface area contributed by atoms with E-state index in [4.69, 9.17) is 9.84 Å². The molecule has 3 rings (SSSR count). The van der Waals surface area contributed by atoms with Gasteiger partial charge in [0, 0.05) is 61.3 Å². The zero-order valence-electron chi connectivity index (χ0n) is 31.3. The Morgan fingerprint density at radius 3 is 2.08 bits per heavy atom. The SMILES string of the molecule is C/C=C\C(Cc1ccc(N(CC)c2cccc(S(=O)(=O)CCO)c2)cc1Oc1cc(N(C)CCS(=O)(=O)CCO)ccc1C)=C(/CC)C(=O)O.CC. The predicted octanol–water partition coefficient (Wildman–Crippen LogP) is 6.49. The number of rotatable bonds is 19. The number of carboxylic acid groups (broad SMARTS) is 1. The average molecular weight is 759 g/mol. The number of ether oxygens (including phenoxy) is 1. The van der Waals surface area contributed by atoms with Crippen LogP contribution in [0.1, 0.15) is 52.2 Å². The van der Waals surface area contributed by atoms with Crippen LogP contribution in [0.15, 0.2) is 88.9 Å². The first-order chi connectivity index (χ1) is 24.7. The van der Waals surface area contributed by atoms with Crippen molar-refractivity contribution in [3.05, 3.63) is 95.1 Å². The van der Waals surface area contributed by atoms with Gasteiger partial charge in [-0.15, -0.1) is 0 Å². The minimum atomic E-state index is -3.69. The van der Waals surface area contributed by atoms with Gasteiger partial charge in [-0.2, -0.15) is 0 Å². The molecule has 0 aliphatic rings. The van der Waals surface area contributed by atoms with Gasteiger partial charge in [-0.25, -0.2) is 21.6 Å². The number of hydrogen-bond acceptors (Lipinski definition) is 10. The normalized spacial score (nSPS) is 12.2. The lowest BCUT2D eigenvalue weighted by atomic mass is 9.96. The molecule has 0 saturated carbocycles. The monoisotopic (exact) mass is 758 g/mol. The van der Waals surface area contributed by atoms with Crippen LogP contribution in [0.4, 0.5) is 17.1 Å². The minimum Gasteiger partial charge on any atom is -0.478 e. The summed E-state index contributed by atoms with van der Waals surface area (Å²) >= 11 is 0. The third-order valence-corrected chi connectivity index (χ3v) is 11.5. The fourth-order valence-electron chi connectivity index (χ4n) is 5.44. The first-order valence-corrected chi connectivity index (χ1v) is 20.9. The molecule has 11 nitrogen and oxygen atoms in total. The first kappa shape index (κ1) is 44.0. The summed E-state index contributed by atoms with van der Waals surface area (Å²) in [4.78, 5) is 16.0. The predicted molar refractivity (Wildman–Crippen MR) is 210 cm³/mol. The molecule has 13 heteroatoms. The molecule has 0 spiro atoms. The second-order valence-electron chi connectivity index (χ2n) is 11.8. The van der Waals surface area contributed by atoms with Crippen molar-refractivity contribution in [3.8, 4) is 11.5 Å². The van der Waals surface area contributed by atoms with Gasteiger partial charge in [-0.1, -0.05) is 51.1 Å². The molecule has 0 heterocycles. The Morgan fingerprint density at radius 1 is 0.846 bits per heavy atom. The molecule has 0 bridgehead atoms. The lowest BCUT2D eigenvalue weighted by Gasteiger charge is -2.26. The van der Waals surface area contributed by atoms with Crippen molar-refractivity contribution in [2.75, 3.05) is 60.4 Å². The standard InChI is InChI=1S/C37H48N2O9S2.C2H6/c1-6-10-28(34(7-2)37(42)43)23-29-14-16-32(39(8-3)31-11-9-12-33(24-31)50(46,47)22-19-41)26-36(29)48-35-25-30(15-13-27(35)4)38(5)17-20-49(44,45)21-18-40;1-2/h6,9-16,24-26,40-41H,7-8,17-23H2,1-5H3,(H,42,43);1-2H3/b10-6-,34-28-;. The van der Waals surface area contributed by atoms with Crippen LogP contribution in [0, 0.1) is 6.92 Å². The highest BCUT2D eigenvalue weighted by atomic mass is 32.2. The molecule has 3 aromatic rings. The van der Waals surface area contributed by atoms with Gasteiger partial charge in [0.05, 0.1) is 35.4 Å². The number of aliphatic hydroxyl groups is 2. The average Bonchev–Trinajstić information content (AvgIpc) is 3.10. The highest BCUT2D eigenvalue weighted by Crippen LogP contribution is 2.37. The number of hydrogen-bond donors (Lipinski definition) is 3. The van der Waals surface area contributed by atoms with Crippen LogP contribution >= 0.6 is 0 Å². The van der Waals surface area contributed by atoms with E-state index in [0.29, 0.717) is 47.1 Å². The molecule has 0 aliphatic carbocycles. The number of benzene rings is 3. The Balaban J connectivity index is 0.00000460. The Labute approximate surface area is 309 Å². The van der Waals surface area contributed by atoms with E-state index >= 15 is 0 Å². The molecule has 0 unspecified atom stereocenters. The maximum absolute atomic E-state index is 12.8. The van der Waals surface area contributed by atoms with Crippen molar-refractivity contribution in [1.82, 2.24) is 0 Å². The third kappa shape index (κ3) is 12.2. The van der Waals surface area contributed by atoms with E-state index in [2.05, 4.69) is 0 Å². The Bertz CT molecular complexity index is 1920. The molecule has 0 radical (unpaired) electrons. The molecule has 0 amide bonds. The summed E-state index contributed by atoms with van der Waals surface area (Å²) in [6.07, 6.45) is 4.17. The Hall–Kier alpha value is -4.17. The lowest BCUT2D eigenvalue weighted by Crippen LogP contribution is -2.27. The number of aliphatic carboxylic acids is 1. The lowest BCUT2D eigenvalue weighted by molar-refractivity contribution is -0.132. The van der Waals surface area contributed by atoms with Crippen LogP contribution in [-0.4, -0.2) is 88.7 Å². The number of nitrogens with zero attached hydrogens (tertiary/aromatic N) is 2. The van der Waals surface area contributed by atoms with E-state index in [1.807, 2.05) is 75.9 Å². The van der Waals surface area contributed by atoms with Crippen molar-refractivity contribution >= 4 is 42.7 Å². The van der Waals surface area contributed by atoms with Gasteiger partial charge in [0.2, 0.25) is 0 Å². The van der Waals surface area contributed by atoms with Gasteiger partial charge in [-0.3, -0.25) is 0 Å². The van der Waals surface area contributed by atoms with Crippen molar-refractivity contribution in [3.63, 3.8) is 0 Å². The van der Waals surface area contributed by atoms with Crippen molar-refractivity contribution < 1.29 is 41.7 Å². The van der Waals surface area contributed by atoms with Crippen LogP contribution in [0.25, 0.3) is 0 Å². The Kier molecular flexibility index (Phi) is 17.6. The van der Waals surface area contributed by atoms with Crippen molar-refractivity contribution in [2.24, 2.45) is 0 Å². The maximum Gasteiger partial charge on any atom is 0.331 e. The number of aliphatic hydroxyl groups excluding tert-OH is 2. The second kappa shape index (κ2) is 20.8.